The molecule has 0 heterocycles. The molecule has 0 radical (unpaired) electrons. The number of Topliss-reactive ketones (excluding diaryl/α,β-unsaturated/α-hetero) is 1. The number of rotatable bonds is 11. The smallest absolute Gasteiger partial charge is 0.160 e. The number of ketones is 1. The summed E-state index contributed by atoms with van der Waals surface area (Å²) in [7, 11) is 1.80. The van der Waals surface area contributed by atoms with Crippen molar-refractivity contribution in [1.82, 2.24) is 5.32 Å². The maximum Gasteiger partial charge on any atom is 0.160 e. The van der Waals surface area contributed by atoms with E-state index in [1.807, 2.05) is 91.0 Å². The maximum atomic E-state index is 11.9. The number of aldehydes is 1. The molecular formula is C41H70N2O2. The van der Waals surface area contributed by atoms with Crippen LogP contribution in [0.2, 0.25) is 0 Å². The van der Waals surface area contributed by atoms with Gasteiger partial charge >= 0.3 is 0 Å². The van der Waals surface area contributed by atoms with Gasteiger partial charge in [-0.3, -0.25) is 14.6 Å². The van der Waals surface area contributed by atoms with Gasteiger partial charge in [0, 0.05) is 36.3 Å². The van der Waals surface area contributed by atoms with E-state index in [1.165, 1.54) is 37.7 Å². The zero-order valence-corrected chi connectivity index (χ0v) is 32.0. The van der Waals surface area contributed by atoms with Gasteiger partial charge in [-0.2, -0.15) is 0 Å². The number of aryl methyl sites for hydroxylation is 1. The maximum absolute atomic E-state index is 11.9. The summed E-state index contributed by atoms with van der Waals surface area (Å²) >= 11 is 0. The summed E-state index contributed by atoms with van der Waals surface area (Å²) in [5, 5.41) is 2.91. The lowest BCUT2D eigenvalue weighted by atomic mass is 9.95. The van der Waals surface area contributed by atoms with E-state index in [0.717, 1.165) is 39.8 Å². The van der Waals surface area contributed by atoms with Crippen molar-refractivity contribution in [2.45, 2.75) is 129 Å². The first-order valence-corrected chi connectivity index (χ1v) is 16.6. The molecule has 0 saturated heterocycles. The van der Waals surface area contributed by atoms with Gasteiger partial charge < -0.3 is 5.32 Å². The Kier molecular flexibility index (Phi) is 43.7. The van der Waals surface area contributed by atoms with Gasteiger partial charge in [-0.15, -0.1) is 0 Å². The topological polar surface area (TPSA) is 58.5 Å². The number of unbranched alkanes of at least 4 members (excludes halogenated alkanes) is 2. The number of hydrogen-bond acceptors (Lipinski definition) is 4. The summed E-state index contributed by atoms with van der Waals surface area (Å²) in [5.41, 5.74) is 6.98. The summed E-state index contributed by atoms with van der Waals surface area (Å²) in [6.07, 6.45) is 16.7. The third kappa shape index (κ3) is 34.8. The minimum absolute atomic E-state index is 0.0135. The molecule has 0 spiro atoms. The molecule has 1 aromatic rings. The number of allylic oxidation sites excluding steroid dienone is 9. The van der Waals surface area contributed by atoms with Crippen LogP contribution in [0.15, 0.2) is 100 Å². The molecule has 4 heteroatoms. The highest BCUT2D eigenvalue weighted by molar-refractivity contribution is 5.99. The summed E-state index contributed by atoms with van der Waals surface area (Å²) in [5.74, 6) is 0.0135. The first-order valence-electron chi connectivity index (χ1n) is 16.6. The van der Waals surface area contributed by atoms with Crippen molar-refractivity contribution in [3.05, 3.63) is 107 Å². The van der Waals surface area contributed by atoms with Crippen LogP contribution < -0.4 is 5.32 Å². The molecule has 1 aromatic carbocycles. The fourth-order valence-corrected chi connectivity index (χ4v) is 2.88. The van der Waals surface area contributed by atoms with Gasteiger partial charge in [0.2, 0.25) is 0 Å². The molecular weight excluding hydrogens is 552 g/mol. The van der Waals surface area contributed by atoms with Crippen LogP contribution in [0.25, 0.3) is 0 Å². The zero-order chi connectivity index (χ0) is 36.2. The molecule has 45 heavy (non-hydrogen) atoms. The monoisotopic (exact) mass is 623 g/mol. The first-order chi connectivity index (χ1) is 21.3. The van der Waals surface area contributed by atoms with Crippen LogP contribution in [0, 0.1) is 6.92 Å². The number of carbonyl (C=O) groups excluding carboxylic acids is 2. The highest BCUT2D eigenvalue weighted by Gasteiger charge is 2.09. The number of nitrogens with zero attached hydrogens (tertiary/aromatic N) is 1. The van der Waals surface area contributed by atoms with Crippen molar-refractivity contribution in [3.8, 4) is 0 Å². The van der Waals surface area contributed by atoms with Crippen molar-refractivity contribution in [1.29, 1.82) is 0 Å². The van der Waals surface area contributed by atoms with Gasteiger partial charge in [-0.25, -0.2) is 0 Å². The second kappa shape index (κ2) is 38.5. The summed E-state index contributed by atoms with van der Waals surface area (Å²) < 4.78 is 0. The van der Waals surface area contributed by atoms with Gasteiger partial charge in [0.1, 0.15) is 6.29 Å². The van der Waals surface area contributed by atoms with Gasteiger partial charge in [0.15, 0.2) is 5.78 Å². The molecule has 0 unspecified atom stereocenters. The van der Waals surface area contributed by atoms with Crippen LogP contribution in [0.3, 0.4) is 0 Å². The molecule has 0 amide bonds. The minimum Gasteiger partial charge on any atom is -0.387 e. The van der Waals surface area contributed by atoms with E-state index >= 15 is 0 Å². The summed E-state index contributed by atoms with van der Waals surface area (Å²) in [4.78, 5) is 26.2. The number of nitrogens with one attached hydrogen (secondary N) is 1. The lowest BCUT2D eigenvalue weighted by Crippen LogP contribution is -2.04. The fraction of sp³-hybridized carbons (Fsp3) is 0.488. The van der Waals surface area contributed by atoms with Gasteiger partial charge in [0.25, 0.3) is 0 Å². The largest absolute Gasteiger partial charge is 0.387 e. The first kappa shape index (κ1) is 51.1. The lowest BCUT2D eigenvalue weighted by Gasteiger charge is -2.09. The van der Waals surface area contributed by atoms with Crippen LogP contribution in [0.5, 0.6) is 0 Å². The Bertz CT molecular complexity index is 1030. The van der Waals surface area contributed by atoms with E-state index in [4.69, 9.17) is 0 Å². The lowest BCUT2D eigenvalue weighted by molar-refractivity contribution is -0.113. The normalized spacial score (nSPS) is 10.9. The van der Waals surface area contributed by atoms with Crippen molar-refractivity contribution < 1.29 is 9.59 Å². The van der Waals surface area contributed by atoms with Crippen molar-refractivity contribution in [2.75, 3.05) is 7.05 Å². The van der Waals surface area contributed by atoms with E-state index < -0.39 is 0 Å². The van der Waals surface area contributed by atoms with E-state index in [-0.39, 0.29) is 5.78 Å². The molecule has 0 aliphatic carbocycles. The predicted octanol–water partition coefficient (Wildman–Crippen LogP) is 12.5. The molecule has 1 N–H and O–H groups in total. The van der Waals surface area contributed by atoms with Crippen LogP contribution in [0.1, 0.15) is 138 Å². The second-order valence-corrected chi connectivity index (χ2v) is 10.2. The van der Waals surface area contributed by atoms with Gasteiger partial charge in [0.05, 0.1) is 0 Å². The number of carbonyl (C=O) groups is 2. The highest BCUT2D eigenvalue weighted by atomic mass is 16.1. The number of benzene rings is 1. The Morgan fingerprint density at radius 2 is 1.33 bits per heavy atom. The molecule has 0 aliphatic rings. The molecule has 256 valence electrons. The Morgan fingerprint density at radius 3 is 1.64 bits per heavy atom. The van der Waals surface area contributed by atoms with Gasteiger partial charge in [-0.1, -0.05) is 149 Å². The third-order valence-corrected chi connectivity index (χ3v) is 5.15. The quantitative estimate of drug-likeness (QED) is 0.116. The predicted molar refractivity (Wildman–Crippen MR) is 207 cm³/mol. The van der Waals surface area contributed by atoms with E-state index in [1.54, 1.807) is 26.4 Å². The zero-order valence-electron chi connectivity index (χ0n) is 32.0. The average molecular weight is 623 g/mol. The Balaban J connectivity index is -0.000000196. The average Bonchev–Trinajstić information content (AvgIpc) is 3.00. The molecule has 0 fully saturated rings. The van der Waals surface area contributed by atoms with Crippen LogP contribution >= 0.6 is 0 Å². The molecule has 0 bridgehead atoms. The van der Waals surface area contributed by atoms with E-state index in [0.29, 0.717) is 5.57 Å². The van der Waals surface area contributed by atoms with Gasteiger partial charge in [-0.05, 0) is 63.8 Å². The van der Waals surface area contributed by atoms with Crippen molar-refractivity contribution in [2.24, 2.45) is 4.99 Å². The Labute approximate surface area is 280 Å². The SMILES string of the molecule is C=C(C=N/C=C(C)/C(C)=C/C(/C=C\C)=C(\C(=C)C)C(C)=O)NC.CC.CCC.CCC.CCCCC.Cc1ccc(C=O)cc1. The third-order valence-electron chi connectivity index (χ3n) is 5.15. The highest BCUT2D eigenvalue weighted by Crippen LogP contribution is 2.20. The van der Waals surface area contributed by atoms with E-state index in [9.17, 15) is 9.59 Å². The molecule has 0 aliphatic heterocycles. The summed E-state index contributed by atoms with van der Waals surface area (Å²) in [6.45, 7) is 35.9. The standard InChI is InChI=1S/C20H28N2O.C8H8O.C5H12.2C3H8.C2H6/c1-9-10-19(20(14(2)3)18(7)23)11-15(4)16(5)12-22-13-17(6)21-8;1-7-2-4-8(6-9)5-3-7;1-3-5-4-2;2*1-3-2;1-2/h9-13,21H,2,6H2,1,3-5,7-8H3;2-6H,1H3;3-5H2,1-2H3;2*3H2,1-2H3;1-2H3/b10-9-,15-11+,16-12+,20-19+,22-13?;;;;;. The number of aliphatic imine (C=N–C) groups is 1. The van der Waals surface area contributed by atoms with E-state index in [2.05, 4.69) is 65.0 Å². The molecule has 4 nitrogen and oxygen atoms in total. The van der Waals surface area contributed by atoms with Crippen LogP contribution in [-0.4, -0.2) is 25.3 Å². The van der Waals surface area contributed by atoms with Crippen molar-refractivity contribution in [3.63, 3.8) is 0 Å². The molecule has 0 aromatic heterocycles. The van der Waals surface area contributed by atoms with Crippen LogP contribution in [-0.2, 0) is 4.79 Å². The Hall–Kier alpha value is -3.53. The fourth-order valence-electron chi connectivity index (χ4n) is 2.88. The second-order valence-electron chi connectivity index (χ2n) is 10.2. The summed E-state index contributed by atoms with van der Waals surface area (Å²) in [6, 6.07) is 7.46. The molecule has 0 atom stereocenters. The van der Waals surface area contributed by atoms with Crippen molar-refractivity contribution >= 4 is 18.3 Å². The van der Waals surface area contributed by atoms with Crippen LogP contribution in [0.4, 0.5) is 0 Å². The minimum atomic E-state index is 0.0135. The number of hydrogen-bond donors (Lipinski definition) is 1. The Morgan fingerprint density at radius 1 is 0.867 bits per heavy atom. The molecule has 1 rings (SSSR count). The molecule has 0 saturated carbocycles.